The van der Waals surface area contributed by atoms with Crippen LogP contribution < -0.4 is 5.32 Å². The number of anilines is 1. The Labute approximate surface area is 116 Å². The van der Waals surface area contributed by atoms with Gasteiger partial charge in [0.25, 0.3) is 0 Å². The van der Waals surface area contributed by atoms with Gasteiger partial charge in [0.05, 0.1) is 5.56 Å². The average molecular weight is 340 g/mol. The summed E-state index contributed by atoms with van der Waals surface area (Å²) in [7, 11) is 0. The van der Waals surface area contributed by atoms with Crippen molar-refractivity contribution in [2.45, 2.75) is 32.0 Å². The second kappa shape index (κ2) is 6.27. The molecule has 0 aliphatic heterocycles. The molecule has 19 heavy (non-hydrogen) atoms. The van der Waals surface area contributed by atoms with Gasteiger partial charge in [0.2, 0.25) is 0 Å². The van der Waals surface area contributed by atoms with Crippen LogP contribution in [0.4, 0.5) is 18.9 Å². The highest BCUT2D eigenvalue weighted by atomic mass is 79.9. The fraction of sp³-hybridized carbons (Fsp3) is 0.417. The molecule has 0 bridgehead atoms. The maximum atomic E-state index is 12.7. The molecule has 0 aliphatic carbocycles. The number of benzene rings is 1. The van der Waals surface area contributed by atoms with Gasteiger partial charge in [-0.05, 0) is 24.6 Å². The summed E-state index contributed by atoms with van der Waals surface area (Å²) in [5, 5.41) is 11.6. The van der Waals surface area contributed by atoms with Gasteiger partial charge in [-0.15, -0.1) is 0 Å². The lowest BCUT2D eigenvalue weighted by Crippen LogP contribution is -2.29. The lowest BCUT2D eigenvalue weighted by molar-refractivity contribution is -0.138. The van der Waals surface area contributed by atoms with Crippen LogP contribution in [0.1, 0.15) is 25.3 Å². The zero-order valence-corrected chi connectivity index (χ0v) is 11.7. The normalized spacial score (nSPS) is 13.1. The van der Waals surface area contributed by atoms with Crippen LogP contribution in [0.2, 0.25) is 0 Å². The molecule has 2 N–H and O–H groups in total. The summed E-state index contributed by atoms with van der Waals surface area (Å²) < 4.78 is 38.0. The number of alkyl halides is 3. The van der Waals surface area contributed by atoms with Gasteiger partial charge in [-0.2, -0.15) is 13.2 Å². The third-order valence-corrected chi connectivity index (χ3v) is 3.18. The van der Waals surface area contributed by atoms with Crippen LogP contribution in [0.5, 0.6) is 0 Å². The number of carboxylic acids is 1. The Balaban J connectivity index is 2.99. The first-order valence-electron chi connectivity index (χ1n) is 5.61. The fourth-order valence-corrected chi connectivity index (χ4v) is 2.05. The molecule has 0 radical (unpaired) electrons. The number of hydrogen-bond acceptors (Lipinski definition) is 2. The smallest absolute Gasteiger partial charge is 0.417 e. The van der Waals surface area contributed by atoms with Crippen molar-refractivity contribution < 1.29 is 23.1 Å². The molecule has 106 valence electrons. The zero-order chi connectivity index (χ0) is 14.6. The van der Waals surface area contributed by atoms with Crippen LogP contribution in [0.15, 0.2) is 22.7 Å². The highest BCUT2D eigenvalue weighted by molar-refractivity contribution is 9.10. The minimum Gasteiger partial charge on any atom is -0.480 e. The van der Waals surface area contributed by atoms with Gasteiger partial charge in [0.1, 0.15) is 6.04 Å². The lowest BCUT2D eigenvalue weighted by Gasteiger charge is -2.17. The SMILES string of the molecule is CCCC(Nc1ccc(Br)c(C(F)(F)F)c1)C(=O)O. The van der Waals surface area contributed by atoms with E-state index in [9.17, 15) is 18.0 Å². The van der Waals surface area contributed by atoms with Crippen LogP contribution in [0.25, 0.3) is 0 Å². The molecule has 3 nitrogen and oxygen atoms in total. The molecule has 1 aromatic carbocycles. The van der Waals surface area contributed by atoms with E-state index in [2.05, 4.69) is 21.2 Å². The number of hydrogen-bond donors (Lipinski definition) is 2. The van der Waals surface area contributed by atoms with E-state index in [1.807, 2.05) is 0 Å². The van der Waals surface area contributed by atoms with Gasteiger partial charge < -0.3 is 10.4 Å². The van der Waals surface area contributed by atoms with Gasteiger partial charge in [-0.25, -0.2) is 4.79 Å². The standard InChI is InChI=1S/C12H13BrF3NO2/c1-2-3-10(11(18)19)17-7-4-5-9(13)8(6-7)12(14,15)16/h4-6,10,17H,2-3H2,1H3,(H,18,19). The van der Waals surface area contributed by atoms with Crippen LogP contribution in [0, 0.1) is 0 Å². The van der Waals surface area contributed by atoms with E-state index in [1.165, 1.54) is 12.1 Å². The summed E-state index contributed by atoms with van der Waals surface area (Å²) in [5.74, 6) is -1.08. The molecule has 1 unspecified atom stereocenters. The van der Waals surface area contributed by atoms with Crippen LogP contribution in [-0.4, -0.2) is 17.1 Å². The number of carbonyl (C=O) groups is 1. The van der Waals surface area contributed by atoms with Crippen LogP contribution in [0.3, 0.4) is 0 Å². The van der Waals surface area contributed by atoms with Crippen LogP contribution >= 0.6 is 15.9 Å². The van der Waals surface area contributed by atoms with E-state index in [1.54, 1.807) is 6.92 Å². The summed E-state index contributed by atoms with van der Waals surface area (Å²) in [6.45, 7) is 1.81. The van der Waals surface area contributed by atoms with E-state index in [-0.39, 0.29) is 10.2 Å². The molecule has 7 heteroatoms. The van der Waals surface area contributed by atoms with Crippen molar-refractivity contribution in [1.29, 1.82) is 0 Å². The Hall–Kier alpha value is -1.24. The number of rotatable bonds is 5. The Morgan fingerprint density at radius 2 is 2.11 bits per heavy atom. The van der Waals surface area contributed by atoms with Gasteiger partial charge >= 0.3 is 12.1 Å². The van der Waals surface area contributed by atoms with E-state index >= 15 is 0 Å². The number of aliphatic carboxylic acids is 1. The molecule has 0 fully saturated rings. The highest BCUT2D eigenvalue weighted by Gasteiger charge is 2.33. The Morgan fingerprint density at radius 1 is 1.47 bits per heavy atom. The second-order valence-corrected chi connectivity index (χ2v) is 4.87. The van der Waals surface area contributed by atoms with Gasteiger partial charge in [-0.3, -0.25) is 0 Å². The number of halogens is 4. The number of nitrogens with one attached hydrogen (secondary N) is 1. The molecule has 0 heterocycles. The molecule has 0 amide bonds. The lowest BCUT2D eigenvalue weighted by atomic mass is 10.1. The average Bonchev–Trinajstić information content (AvgIpc) is 2.29. The largest absolute Gasteiger partial charge is 0.480 e. The Bertz CT molecular complexity index is 463. The zero-order valence-electron chi connectivity index (χ0n) is 10.1. The molecule has 0 saturated carbocycles. The van der Waals surface area contributed by atoms with Crippen molar-refractivity contribution in [2.24, 2.45) is 0 Å². The fourth-order valence-electron chi connectivity index (χ4n) is 1.58. The summed E-state index contributed by atoms with van der Waals surface area (Å²) in [6, 6.07) is 2.66. The van der Waals surface area contributed by atoms with E-state index in [4.69, 9.17) is 5.11 Å². The summed E-state index contributed by atoms with van der Waals surface area (Å²) in [5.41, 5.74) is -0.700. The van der Waals surface area contributed by atoms with Crippen molar-refractivity contribution in [1.82, 2.24) is 0 Å². The molecule has 1 atom stereocenters. The topological polar surface area (TPSA) is 49.3 Å². The monoisotopic (exact) mass is 339 g/mol. The predicted octanol–water partition coefficient (Wildman–Crippen LogP) is 4.13. The van der Waals surface area contributed by atoms with Crippen molar-refractivity contribution >= 4 is 27.6 Å². The van der Waals surface area contributed by atoms with Crippen molar-refractivity contribution in [3.8, 4) is 0 Å². The highest BCUT2D eigenvalue weighted by Crippen LogP contribution is 2.36. The van der Waals surface area contributed by atoms with Gasteiger partial charge in [0, 0.05) is 10.2 Å². The quantitative estimate of drug-likeness (QED) is 0.847. The molecule has 0 aromatic heterocycles. The molecule has 1 rings (SSSR count). The Morgan fingerprint density at radius 3 is 2.58 bits per heavy atom. The van der Waals surface area contributed by atoms with Crippen molar-refractivity contribution in [3.05, 3.63) is 28.2 Å². The van der Waals surface area contributed by atoms with Gasteiger partial charge in [-0.1, -0.05) is 29.3 Å². The molecular formula is C12H13BrF3NO2. The molecule has 1 aromatic rings. The molecule has 0 spiro atoms. The maximum absolute atomic E-state index is 12.7. The first-order chi connectivity index (χ1) is 8.75. The third-order valence-electron chi connectivity index (χ3n) is 2.49. The van der Waals surface area contributed by atoms with E-state index in [0.717, 1.165) is 6.07 Å². The minimum absolute atomic E-state index is 0.0760. The molecule has 0 saturated heterocycles. The van der Waals surface area contributed by atoms with E-state index < -0.39 is 23.8 Å². The van der Waals surface area contributed by atoms with Crippen molar-refractivity contribution in [3.63, 3.8) is 0 Å². The Kier molecular flexibility index (Phi) is 5.22. The summed E-state index contributed by atoms with van der Waals surface area (Å²) in [4.78, 5) is 10.9. The first-order valence-corrected chi connectivity index (χ1v) is 6.41. The van der Waals surface area contributed by atoms with Gasteiger partial charge in [0.15, 0.2) is 0 Å². The second-order valence-electron chi connectivity index (χ2n) is 4.02. The van der Waals surface area contributed by atoms with E-state index in [0.29, 0.717) is 12.8 Å². The first kappa shape index (κ1) is 15.8. The summed E-state index contributed by atoms with van der Waals surface area (Å²) in [6.07, 6.45) is -3.53. The molecular weight excluding hydrogens is 327 g/mol. The minimum atomic E-state index is -4.49. The molecule has 0 aliphatic rings. The summed E-state index contributed by atoms with van der Waals surface area (Å²) >= 11 is 2.83. The maximum Gasteiger partial charge on any atom is 0.417 e. The predicted molar refractivity (Wildman–Crippen MR) is 69.1 cm³/mol. The van der Waals surface area contributed by atoms with Crippen LogP contribution in [-0.2, 0) is 11.0 Å². The van der Waals surface area contributed by atoms with Crippen molar-refractivity contribution in [2.75, 3.05) is 5.32 Å². The third kappa shape index (κ3) is 4.41. The number of carboxylic acid groups (broad SMARTS) is 1.